The van der Waals surface area contributed by atoms with Gasteiger partial charge in [0.25, 0.3) is 0 Å². The van der Waals surface area contributed by atoms with Gasteiger partial charge >= 0.3 is 0 Å². The third-order valence-corrected chi connectivity index (χ3v) is 0. The molecule has 0 aliphatic rings. The van der Waals surface area contributed by atoms with Gasteiger partial charge in [0.15, 0.2) is 0 Å². The maximum atomic E-state index is 0. The van der Waals surface area contributed by atoms with E-state index in [0.717, 1.165) is 0 Å². The molecule has 0 N–H and O–H groups in total. The van der Waals surface area contributed by atoms with E-state index in [2.05, 4.69) is 0 Å². The Balaban J connectivity index is 0. The zero-order valence-corrected chi connectivity index (χ0v) is 11.9. The first-order valence-electron chi connectivity index (χ1n) is 0. The molecule has 0 aliphatic carbocycles. The zero-order chi connectivity index (χ0) is 0. The molecule has 0 saturated heterocycles. The maximum absolute atomic E-state index is 0. The second-order valence-electron chi connectivity index (χ2n) is 0. The van der Waals surface area contributed by atoms with E-state index in [1.165, 1.54) is 0 Å². The predicted octanol–water partition coefficient (Wildman–Crippen LogP) is -1.15. The molecule has 0 atom stereocenters. The molecule has 0 aromatic rings. The molecule has 0 unspecified atom stereocenters. The minimum Gasteiger partial charge on any atom is 0 e. The Hall–Kier alpha value is 4.45. The molecule has 5 heteroatoms. The van der Waals surface area contributed by atoms with Gasteiger partial charge in [0.2, 0.25) is 0 Å². The van der Waals surface area contributed by atoms with Crippen molar-refractivity contribution in [1.29, 1.82) is 0 Å². The minimum atomic E-state index is 0. The van der Waals surface area contributed by atoms with Crippen LogP contribution < -0.4 is 0 Å². The first-order valence-corrected chi connectivity index (χ1v) is 0. The van der Waals surface area contributed by atoms with Crippen molar-refractivity contribution in [3.63, 3.8) is 0 Å². The Morgan fingerprint density at radius 3 is 1.00 bits per heavy atom. The van der Waals surface area contributed by atoms with Gasteiger partial charge < -0.3 is 0 Å². The number of rotatable bonds is 0. The Labute approximate surface area is 136 Å². The molecular weight excluding hydrogens is 278 g/mol. The van der Waals surface area contributed by atoms with E-state index >= 15 is 0 Å². The molecular formula is CaCuFeKSe. The number of hydrogen-bond donors (Lipinski definition) is 0. The summed E-state index contributed by atoms with van der Waals surface area (Å²) in [5.74, 6) is 0. The normalized spacial score (nSPS) is 0. The second-order valence-corrected chi connectivity index (χ2v) is 0. The molecule has 0 bridgehead atoms. The van der Waals surface area contributed by atoms with Crippen molar-refractivity contribution in [2.45, 2.75) is 0 Å². The Bertz CT molecular complexity index is 11.6. The van der Waals surface area contributed by atoms with Crippen molar-refractivity contribution in [3.8, 4) is 0 Å². The van der Waals surface area contributed by atoms with Crippen LogP contribution in [0.15, 0.2) is 0 Å². The average Bonchev–Trinajstić information content (AvgIpc) is 0. The van der Waals surface area contributed by atoms with Crippen LogP contribution in [0.1, 0.15) is 0 Å². The van der Waals surface area contributed by atoms with Crippen LogP contribution in [0.3, 0.4) is 0 Å². The van der Waals surface area contributed by atoms with Crippen molar-refractivity contribution in [2.75, 3.05) is 0 Å². The van der Waals surface area contributed by atoms with Crippen LogP contribution in [0, 0.1) is 0 Å². The molecule has 28 valence electrons. The Kier molecular flexibility index (Phi) is 161. The minimum absolute atomic E-state index is 0. The fourth-order valence-electron chi connectivity index (χ4n) is 0. The van der Waals surface area contributed by atoms with Crippen molar-refractivity contribution in [1.82, 2.24) is 0 Å². The summed E-state index contributed by atoms with van der Waals surface area (Å²) in [6, 6.07) is 0. The van der Waals surface area contributed by atoms with Crippen LogP contribution >= 0.6 is 0 Å². The third kappa shape index (κ3) is 17.8. The van der Waals surface area contributed by atoms with Crippen LogP contribution in [-0.2, 0) is 34.1 Å². The molecule has 0 aromatic carbocycles. The average molecular weight is 278 g/mol. The van der Waals surface area contributed by atoms with Crippen molar-refractivity contribution >= 4 is 106 Å². The van der Waals surface area contributed by atoms with Crippen LogP contribution in [-0.4, -0.2) is 106 Å². The monoisotopic (exact) mass is 278 g/mol. The van der Waals surface area contributed by atoms with Gasteiger partial charge in [0.1, 0.15) is 0 Å². The van der Waals surface area contributed by atoms with E-state index in [4.69, 9.17) is 0 Å². The molecule has 0 rings (SSSR count). The summed E-state index contributed by atoms with van der Waals surface area (Å²) in [6.45, 7) is 0. The largest absolute Gasteiger partial charge is 0 e. The summed E-state index contributed by atoms with van der Waals surface area (Å²) in [5, 5.41) is 0. The van der Waals surface area contributed by atoms with Gasteiger partial charge in [-0.2, -0.15) is 0 Å². The van der Waals surface area contributed by atoms with Crippen LogP contribution in [0.5, 0.6) is 0 Å². The smallest absolute Gasteiger partial charge is 0 e. The van der Waals surface area contributed by atoms with Gasteiger partial charge in [-0.25, -0.2) is 0 Å². The van der Waals surface area contributed by atoms with Crippen LogP contribution in [0.25, 0.3) is 0 Å². The molecule has 0 nitrogen and oxygen atoms in total. The maximum Gasteiger partial charge on any atom is 0 e. The fraction of sp³-hybridized carbons (Fsp3) is 0. The van der Waals surface area contributed by atoms with E-state index in [9.17, 15) is 0 Å². The van der Waals surface area contributed by atoms with Crippen LogP contribution in [0.4, 0.5) is 0 Å². The standard InChI is InChI=1S/Ca.Cu.Fe.K.Se. The van der Waals surface area contributed by atoms with E-state index in [1.54, 1.807) is 0 Å². The first kappa shape index (κ1) is 34.1. The summed E-state index contributed by atoms with van der Waals surface area (Å²) in [5.41, 5.74) is 0. The zero-order valence-electron chi connectivity index (χ0n) is 2.77. The molecule has 0 heterocycles. The first-order chi connectivity index (χ1) is 0. The van der Waals surface area contributed by atoms with Gasteiger partial charge in [-0.15, -0.1) is 0 Å². The molecule has 6 radical (unpaired) electrons. The SMILES string of the molecule is [Ca].[Cu].[Fe].[K].[Se]. The van der Waals surface area contributed by atoms with Gasteiger partial charge in [0.05, 0.1) is 0 Å². The van der Waals surface area contributed by atoms with Crippen molar-refractivity contribution in [3.05, 3.63) is 0 Å². The molecule has 0 aliphatic heterocycles. The van der Waals surface area contributed by atoms with Crippen LogP contribution in [0.2, 0.25) is 0 Å². The van der Waals surface area contributed by atoms with E-state index < -0.39 is 0 Å². The summed E-state index contributed by atoms with van der Waals surface area (Å²) in [7, 11) is 0. The second kappa shape index (κ2) is 23.7. The van der Waals surface area contributed by atoms with Crippen molar-refractivity contribution in [2.24, 2.45) is 0 Å². The quantitative estimate of drug-likeness (QED) is 0.491. The third-order valence-electron chi connectivity index (χ3n) is 0. The summed E-state index contributed by atoms with van der Waals surface area (Å²) >= 11 is 0. The Morgan fingerprint density at radius 2 is 1.00 bits per heavy atom. The molecule has 0 spiro atoms. The topological polar surface area (TPSA) is 0 Å². The summed E-state index contributed by atoms with van der Waals surface area (Å²) in [6.07, 6.45) is 0. The predicted molar refractivity (Wildman–Crippen MR) is 17.3 cm³/mol. The van der Waals surface area contributed by atoms with Gasteiger partial charge in [-0.05, 0) is 0 Å². The van der Waals surface area contributed by atoms with Crippen molar-refractivity contribution < 1.29 is 34.1 Å². The molecule has 0 fully saturated rings. The Morgan fingerprint density at radius 1 is 1.00 bits per heavy atom. The van der Waals surface area contributed by atoms with Gasteiger partial charge in [-0.3, -0.25) is 0 Å². The van der Waals surface area contributed by atoms with Gasteiger partial charge in [0, 0.05) is 140 Å². The van der Waals surface area contributed by atoms with Gasteiger partial charge in [-0.1, -0.05) is 0 Å². The summed E-state index contributed by atoms with van der Waals surface area (Å²) in [4.78, 5) is 0. The van der Waals surface area contributed by atoms with E-state index in [1.807, 2.05) is 0 Å². The van der Waals surface area contributed by atoms with E-state index in [-0.39, 0.29) is 140 Å². The fourth-order valence-corrected chi connectivity index (χ4v) is 0. The van der Waals surface area contributed by atoms with E-state index in [0.29, 0.717) is 0 Å². The molecule has 0 saturated carbocycles. The number of hydrogen-bond acceptors (Lipinski definition) is 0. The summed E-state index contributed by atoms with van der Waals surface area (Å²) < 4.78 is 0. The molecule has 0 amide bonds. The molecule has 0 aromatic heterocycles. The molecule has 5 heavy (non-hydrogen) atoms.